The number of aromatic nitrogens is 4. The van der Waals surface area contributed by atoms with Gasteiger partial charge in [-0.1, -0.05) is 25.1 Å². The fourth-order valence-electron chi connectivity index (χ4n) is 5.70. The number of carbonyl (C=O) groups excluding carboxylic acids is 1. The van der Waals surface area contributed by atoms with Gasteiger partial charge < -0.3 is 15.2 Å². The van der Waals surface area contributed by atoms with E-state index in [0.29, 0.717) is 30.8 Å². The number of carbonyl (C=O) groups is 1. The van der Waals surface area contributed by atoms with Gasteiger partial charge in [0.1, 0.15) is 29.5 Å². The van der Waals surface area contributed by atoms with E-state index in [2.05, 4.69) is 16.5 Å². The maximum absolute atomic E-state index is 15.3. The molecule has 0 saturated heterocycles. The van der Waals surface area contributed by atoms with Crippen molar-refractivity contribution in [1.29, 1.82) is 5.26 Å². The summed E-state index contributed by atoms with van der Waals surface area (Å²) >= 11 is 1.42. The van der Waals surface area contributed by atoms with Crippen LogP contribution in [0.5, 0.6) is 5.75 Å². The highest BCUT2D eigenvalue weighted by molar-refractivity contribution is 7.09. The van der Waals surface area contributed by atoms with Gasteiger partial charge in [-0.25, -0.2) is 18.3 Å². The summed E-state index contributed by atoms with van der Waals surface area (Å²) < 4.78 is 38.2. The van der Waals surface area contributed by atoms with Gasteiger partial charge in [-0.2, -0.15) is 5.26 Å². The molecule has 2 heterocycles. The largest absolute Gasteiger partial charge is 0.426 e. The second-order valence-electron chi connectivity index (χ2n) is 12.0. The molecule has 0 bridgehead atoms. The van der Waals surface area contributed by atoms with Gasteiger partial charge in [-0.15, -0.1) is 16.0 Å². The molecule has 0 aliphatic carbocycles. The molecule has 248 valence electrons. The third kappa shape index (κ3) is 7.99. The zero-order valence-electron chi connectivity index (χ0n) is 27.2. The van der Waals surface area contributed by atoms with E-state index in [-0.39, 0.29) is 24.5 Å². The average Bonchev–Trinajstić information content (AvgIpc) is 3.71. The Morgan fingerprint density at radius 2 is 1.90 bits per heavy atom. The number of aryl methyl sites for hydroxylation is 2. The van der Waals surface area contributed by atoms with Gasteiger partial charge in [0.05, 0.1) is 35.3 Å². The van der Waals surface area contributed by atoms with Gasteiger partial charge >= 0.3 is 5.97 Å². The summed E-state index contributed by atoms with van der Waals surface area (Å²) in [5.41, 5.74) is 2.96. The molecule has 0 amide bonds. The molecule has 0 fully saturated rings. The molecule has 48 heavy (non-hydrogen) atoms. The van der Waals surface area contributed by atoms with Crippen LogP contribution >= 0.6 is 11.3 Å². The second-order valence-corrected chi connectivity index (χ2v) is 12.9. The van der Waals surface area contributed by atoms with E-state index in [4.69, 9.17) is 15.0 Å². The van der Waals surface area contributed by atoms with Gasteiger partial charge in [-0.3, -0.25) is 4.79 Å². The Morgan fingerprint density at radius 1 is 1.17 bits per heavy atom. The number of esters is 1. The first-order valence-corrected chi connectivity index (χ1v) is 16.4. The lowest BCUT2D eigenvalue weighted by Crippen LogP contribution is -2.41. The lowest BCUT2D eigenvalue weighted by atomic mass is 9.80. The molecule has 0 aliphatic heterocycles. The number of nitrogens with one attached hydrogen (secondary N) is 1. The monoisotopic (exact) mass is 671 g/mol. The number of ether oxygens (including phenoxy) is 1. The van der Waals surface area contributed by atoms with Crippen molar-refractivity contribution in [2.45, 2.75) is 52.3 Å². The van der Waals surface area contributed by atoms with Crippen LogP contribution in [0.25, 0.3) is 11.3 Å². The lowest BCUT2D eigenvalue weighted by Gasteiger charge is -2.32. The van der Waals surface area contributed by atoms with E-state index in [1.165, 1.54) is 17.4 Å². The van der Waals surface area contributed by atoms with Gasteiger partial charge in [0.25, 0.3) is 6.33 Å². The summed E-state index contributed by atoms with van der Waals surface area (Å²) in [4.78, 5) is 16.9. The number of nitrogens with zero attached hydrogens (tertiary/aromatic N) is 5. The van der Waals surface area contributed by atoms with Crippen molar-refractivity contribution in [2.24, 2.45) is 5.92 Å². The van der Waals surface area contributed by atoms with Crippen molar-refractivity contribution >= 4 is 17.3 Å². The van der Waals surface area contributed by atoms with Gasteiger partial charge in [0.2, 0.25) is 6.33 Å². The zero-order chi connectivity index (χ0) is 34.4. The molecule has 5 aromatic rings. The molecule has 2 aromatic heterocycles. The van der Waals surface area contributed by atoms with Gasteiger partial charge in [-0.05, 0) is 73.8 Å². The van der Waals surface area contributed by atoms with E-state index in [9.17, 15) is 14.3 Å². The van der Waals surface area contributed by atoms with E-state index in [1.807, 2.05) is 55.0 Å². The van der Waals surface area contributed by atoms with E-state index in [0.717, 1.165) is 45.1 Å². The Bertz CT molecular complexity index is 1930. The number of aliphatic hydroxyl groups is 1. The highest BCUT2D eigenvalue weighted by atomic mass is 32.1. The Hall–Kier alpha value is -4.83. The van der Waals surface area contributed by atoms with Crippen LogP contribution in [0.1, 0.15) is 46.2 Å². The third-order valence-corrected chi connectivity index (χ3v) is 9.14. The SMILES string of the molecule is CNCCC(=O)Oc1c(C)cc(C[n+]2cnn(C[C@](O)(c3ccc(F)cc3F)[C@H](C)Cc3nc(-c4ccc(C#N)cc4)cs3)c2)cc1C. The van der Waals surface area contributed by atoms with Gasteiger partial charge in [0, 0.05) is 40.6 Å². The molecule has 0 saturated carbocycles. The highest BCUT2D eigenvalue weighted by Crippen LogP contribution is 2.36. The molecule has 0 aliphatic rings. The standard InChI is InChI=1S/C36H37F2N6O3S/c1-23-13-27(14-24(2)35(23)47-34(45)11-12-40-4)18-43-21-41-44(22-43)20-36(46,30-10-9-29(37)16-31(30)38)25(3)15-33-42-32(19-48-33)28-7-5-26(17-39)6-8-28/h5-10,13-14,16,19,21-22,25,40,46H,11-12,15,18,20H2,1-4H3/q+1/t25-,36-/m1/s1. The predicted octanol–water partition coefficient (Wildman–Crippen LogP) is 5.39. The summed E-state index contributed by atoms with van der Waals surface area (Å²) in [6.07, 6.45) is 3.93. The minimum Gasteiger partial charge on any atom is -0.426 e. The fourth-order valence-corrected chi connectivity index (χ4v) is 6.63. The number of hydrogen-bond acceptors (Lipinski definition) is 8. The molecule has 12 heteroatoms. The van der Waals surface area contributed by atoms with Crippen LogP contribution in [-0.2, 0) is 29.9 Å². The van der Waals surface area contributed by atoms with Crippen molar-refractivity contribution in [3.63, 3.8) is 0 Å². The van der Waals surface area contributed by atoms with E-state index >= 15 is 4.39 Å². The minimum atomic E-state index is -1.77. The quantitative estimate of drug-likeness (QED) is 0.0980. The number of hydrogen-bond donors (Lipinski definition) is 2. The number of thiazole rings is 1. The normalized spacial score (nSPS) is 13.1. The lowest BCUT2D eigenvalue weighted by molar-refractivity contribution is -0.689. The Balaban J connectivity index is 1.36. The number of halogens is 2. The van der Waals surface area contributed by atoms with Crippen LogP contribution < -0.4 is 14.6 Å². The Morgan fingerprint density at radius 3 is 2.56 bits per heavy atom. The summed E-state index contributed by atoms with van der Waals surface area (Å²) in [6, 6.07) is 16.3. The molecule has 2 N–H and O–H groups in total. The summed E-state index contributed by atoms with van der Waals surface area (Å²) in [5, 5.41) is 31.3. The topological polar surface area (TPSA) is 117 Å². The van der Waals surface area contributed by atoms with Crippen LogP contribution in [0, 0.1) is 42.7 Å². The first-order valence-electron chi connectivity index (χ1n) is 15.5. The highest BCUT2D eigenvalue weighted by Gasteiger charge is 2.41. The molecular formula is C36H37F2N6O3S+. The maximum Gasteiger partial charge on any atom is 0.312 e. The third-order valence-electron chi connectivity index (χ3n) is 8.27. The molecule has 9 nitrogen and oxygen atoms in total. The van der Waals surface area contributed by atoms with Crippen LogP contribution in [0.15, 0.2) is 72.6 Å². The second kappa shape index (κ2) is 14.9. The fraction of sp³-hybridized carbons (Fsp3) is 0.306. The molecule has 0 unspecified atom stereocenters. The van der Waals surface area contributed by atoms with Crippen LogP contribution in [0.3, 0.4) is 0 Å². The van der Waals surface area contributed by atoms with E-state index in [1.54, 1.807) is 36.5 Å². The molecule has 2 atom stereocenters. The number of benzene rings is 3. The van der Waals surface area contributed by atoms with Crippen LogP contribution in [0.2, 0.25) is 0 Å². The smallest absolute Gasteiger partial charge is 0.312 e. The summed E-state index contributed by atoms with van der Waals surface area (Å²) in [5.74, 6) is -1.90. The first-order chi connectivity index (χ1) is 23.0. The Labute approximate surface area is 282 Å². The van der Waals surface area contributed by atoms with Crippen molar-refractivity contribution in [2.75, 3.05) is 13.6 Å². The maximum atomic E-state index is 15.3. The number of rotatable bonds is 13. The molecule has 5 rings (SSSR count). The Kier molecular flexibility index (Phi) is 10.7. The molecule has 0 radical (unpaired) electrons. The molecule has 0 spiro atoms. The van der Waals surface area contributed by atoms with Crippen molar-refractivity contribution in [1.82, 2.24) is 20.1 Å². The number of nitriles is 1. The van der Waals surface area contributed by atoms with Crippen molar-refractivity contribution in [3.8, 4) is 23.1 Å². The average molecular weight is 672 g/mol. The zero-order valence-corrected chi connectivity index (χ0v) is 28.0. The molecule has 3 aromatic carbocycles. The van der Waals surface area contributed by atoms with Gasteiger partial charge in [0.15, 0.2) is 0 Å². The van der Waals surface area contributed by atoms with Crippen LogP contribution in [-0.4, -0.2) is 39.4 Å². The van der Waals surface area contributed by atoms with Crippen molar-refractivity contribution in [3.05, 3.63) is 117 Å². The summed E-state index contributed by atoms with van der Waals surface area (Å²) in [6.45, 7) is 6.47. The first kappa shape index (κ1) is 34.5. The summed E-state index contributed by atoms with van der Waals surface area (Å²) in [7, 11) is 1.78. The predicted molar refractivity (Wildman–Crippen MR) is 177 cm³/mol. The minimum absolute atomic E-state index is 0.0339. The molecular weight excluding hydrogens is 634 g/mol. The van der Waals surface area contributed by atoms with E-state index < -0.39 is 23.2 Å². The van der Waals surface area contributed by atoms with Crippen molar-refractivity contribution < 1.29 is 28.0 Å². The van der Waals surface area contributed by atoms with Crippen LogP contribution in [0.4, 0.5) is 8.78 Å².